The first kappa shape index (κ1) is 12.2. The van der Waals surface area contributed by atoms with Crippen molar-refractivity contribution >= 4 is 0 Å². The number of aliphatic hydroxyl groups excluding tert-OH is 1. The summed E-state index contributed by atoms with van der Waals surface area (Å²) in [6.45, 7) is 4.09. The maximum absolute atomic E-state index is 9.61. The molecule has 1 saturated heterocycles. The minimum atomic E-state index is -0.425. The predicted octanol–water partition coefficient (Wildman–Crippen LogP) is 1.19. The number of hydrogen-bond acceptors (Lipinski definition) is 4. The molecular weight excluding hydrogens is 218 g/mol. The maximum atomic E-state index is 9.61. The molecule has 4 nitrogen and oxygen atoms in total. The van der Waals surface area contributed by atoms with Gasteiger partial charge in [-0.2, -0.15) is 0 Å². The van der Waals surface area contributed by atoms with Gasteiger partial charge in [0.05, 0.1) is 6.61 Å². The topological polar surface area (TPSA) is 50.7 Å². The summed E-state index contributed by atoms with van der Waals surface area (Å²) in [4.78, 5) is 0. The van der Waals surface area contributed by atoms with Gasteiger partial charge in [-0.3, -0.25) is 0 Å². The van der Waals surface area contributed by atoms with Gasteiger partial charge in [0, 0.05) is 13.1 Å². The standard InChI is InChI=1S/C13H19NO3/c1-2-7-16-10-3-5-11(6-4-10)17-13-9-14-8-12(13)15/h3-6,12-15H,2,7-9H2,1H3. The van der Waals surface area contributed by atoms with E-state index in [1.807, 2.05) is 24.3 Å². The summed E-state index contributed by atoms with van der Waals surface area (Å²) >= 11 is 0. The van der Waals surface area contributed by atoms with E-state index in [-0.39, 0.29) is 6.10 Å². The number of rotatable bonds is 5. The summed E-state index contributed by atoms with van der Waals surface area (Å²) in [5.74, 6) is 1.62. The van der Waals surface area contributed by atoms with Gasteiger partial charge < -0.3 is 19.9 Å². The molecule has 1 fully saturated rings. The SMILES string of the molecule is CCCOc1ccc(OC2CNCC2O)cc1. The third-order valence-electron chi connectivity index (χ3n) is 2.71. The first-order chi connectivity index (χ1) is 8.29. The average molecular weight is 237 g/mol. The fourth-order valence-corrected chi connectivity index (χ4v) is 1.77. The Bertz CT molecular complexity index is 339. The molecule has 0 radical (unpaired) electrons. The van der Waals surface area contributed by atoms with Gasteiger partial charge in [-0.15, -0.1) is 0 Å². The lowest BCUT2D eigenvalue weighted by Crippen LogP contribution is -2.29. The van der Waals surface area contributed by atoms with Crippen LogP contribution in [0.5, 0.6) is 11.5 Å². The molecule has 0 saturated carbocycles. The third kappa shape index (κ3) is 3.35. The normalized spacial score (nSPS) is 23.6. The maximum Gasteiger partial charge on any atom is 0.138 e. The smallest absolute Gasteiger partial charge is 0.138 e. The molecule has 94 valence electrons. The quantitative estimate of drug-likeness (QED) is 0.807. The Morgan fingerprint density at radius 3 is 2.53 bits per heavy atom. The van der Waals surface area contributed by atoms with Crippen LogP contribution in [0.1, 0.15) is 13.3 Å². The Labute approximate surface area is 102 Å². The summed E-state index contributed by atoms with van der Waals surface area (Å²) in [7, 11) is 0. The molecule has 0 aromatic heterocycles. The van der Waals surface area contributed by atoms with Crippen molar-refractivity contribution in [1.82, 2.24) is 5.32 Å². The predicted molar refractivity (Wildman–Crippen MR) is 65.5 cm³/mol. The van der Waals surface area contributed by atoms with Gasteiger partial charge in [0.2, 0.25) is 0 Å². The van der Waals surface area contributed by atoms with Crippen LogP contribution in [-0.4, -0.2) is 37.0 Å². The largest absolute Gasteiger partial charge is 0.494 e. The molecule has 2 unspecified atom stereocenters. The summed E-state index contributed by atoms with van der Waals surface area (Å²) in [5.41, 5.74) is 0. The van der Waals surface area contributed by atoms with Crippen molar-refractivity contribution in [3.05, 3.63) is 24.3 Å². The van der Waals surface area contributed by atoms with Crippen molar-refractivity contribution in [2.75, 3.05) is 19.7 Å². The van der Waals surface area contributed by atoms with E-state index in [1.54, 1.807) is 0 Å². The van der Waals surface area contributed by atoms with Crippen LogP contribution < -0.4 is 14.8 Å². The van der Waals surface area contributed by atoms with E-state index in [9.17, 15) is 5.11 Å². The van der Waals surface area contributed by atoms with E-state index in [0.717, 1.165) is 24.5 Å². The molecule has 0 aliphatic carbocycles. The number of ether oxygens (including phenoxy) is 2. The number of β-amino-alcohol motifs (C(OH)–C–C–N with tert-alkyl or cyclic N) is 1. The highest BCUT2D eigenvalue weighted by molar-refractivity contribution is 5.31. The molecule has 2 N–H and O–H groups in total. The second-order valence-corrected chi connectivity index (χ2v) is 4.20. The lowest BCUT2D eigenvalue weighted by Gasteiger charge is -2.16. The lowest BCUT2D eigenvalue weighted by atomic mass is 10.2. The van der Waals surface area contributed by atoms with Gasteiger partial charge in [-0.1, -0.05) is 6.92 Å². The summed E-state index contributed by atoms with van der Waals surface area (Å²) in [6.07, 6.45) is 0.418. The second kappa shape index (κ2) is 5.89. The molecule has 1 aliphatic heterocycles. The van der Waals surface area contributed by atoms with Gasteiger partial charge in [0.25, 0.3) is 0 Å². The first-order valence-electron chi connectivity index (χ1n) is 6.08. The van der Waals surface area contributed by atoms with Crippen molar-refractivity contribution in [1.29, 1.82) is 0 Å². The second-order valence-electron chi connectivity index (χ2n) is 4.20. The molecule has 17 heavy (non-hydrogen) atoms. The zero-order chi connectivity index (χ0) is 12.1. The lowest BCUT2D eigenvalue weighted by molar-refractivity contribution is 0.0737. The summed E-state index contributed by atoms with van der Waals surface area (Å²) < 4.78 is 11.2. The van der Waals surface area contributed by atoms with Gasteiger partial charge in [0.1, 0.15) is 23.7 Å². The molecule has 1 heterocycles. The molecule has 4 heteroatoms. The highest BCUT2D eigenvalue weighted by Crippen LogP contribution is 2.20. The minimum absolute atomic E-state index is 0.155. The van der Waals surface area contributed by atoms with E-state index in [4.69, 9.17) is 9.47 Å². The molecular formula is C13H19NO3. The average Bonchev–Trinajstić information content (AvgIpc) is 2.74. The first-order valence-corrected chi connectivity index (χ1v) is 6.08. The van der Waals surface area contributed by atoms with Crippen LogP contribution in [0.4, 0.5) is 0 Å². The molecule has 1 aromatic carbocycles. The molecule has 0 bridgehead atoms. The van der Waals surface area contributed by atoms with Gasteiger partial charge in [0.15, 0.2) is 0 Å². The monoisotopic (exact) mass is 237 g/mol. The van der Waals surface area contributed by atoms with Gasteiger partial charge in [-0.05, 0) is 30.7 Å². The van der Waals surface area contributed by atoms with Gasteiger partial charge >= 0.3 is 0 Å². The van der Waals surface area contributed by atoms with E-state index < -0.39 is 6.10 Å². The van der Waals surface area contributed by atoms with Crippen molar-refractivity contribution in [2.24, 2.45) is 0 Å². The number of hydrogen-bond donors (Lipinski definition) is 2. The molecule has 1 aliphatic rings. The number of benzene rings is 1. The zero-order valence-electron chi connectivity index (χ0n) is 10.1. The summed E-state index contributed by atoms with van der Waals surface area (Å²) in [5, 5.41) is 12.7. The van der Waals surface area contributed by atoms with Crippen molar-refractivity contribution in [3.63, 3.8) is 0 Å². The Morgan fingerprint density at radius 2 is 1.94 bits per heavy atom. The van der Waals surface area contributed by atoms with Crippen LogP contribution in [0, 0.1) is 0 Å². The highest BCUT2D eigenvalue weighted by Gasteiger charge is 2.26. The van der Waals surface area contributed by atoms with Crippen molar-refractivity contribution in [2.45, 2.75) is 25.6 Å². The fourth-order valence-electron chi connectivity index (χ4n) is 1.77. The molecule has 2 rings (SSSR count). The zero-order valence-corrected chi connectivity index (χ0v) is 10.1. The molecule has 1 aromatic rings. The Kier molecular flexibility index (Phi) is 4.23. The van der Waals surface area contributed by atoms with Crippen LogP contribution in [0.2, 0.25) is 0 Å². The molecule has 2 atom stereocenters. The Hall–Kier alpha value is -1.26. The minimum Gasteiger partial charge on any atom is -0.494 e. The number of nitrogens with one attached hydrogen (secondary N) is 1. The van der Waals surface area contributed by atoms with Gasteiger partial charge in [-0.25, -0.2) is 0 Å². The van der Waals surface area contributed by atoms with E-state index in [0.29, 0.717) is 13.1 Å². The van der Waals surface area contributed by atoms with Crippen LogP contribution in [0.25, 0.3) is 0 Å². The fraction of sp³-hybridized carbons (Fsp3) is 0.538. The van der Waals surface area contributed by atoms with E-state index >= 15 is 0 Å². The van der Waals surface area contributed by atoms with Crippen LogP contribution in [0.15, 0.2) is 24.3 Å². The van der Waals surface area contributed by atoms with Crippen LogP contribution >= 0.6 is 0 Å². The highest BCUT2D eigenvalue weighted by atomic mass is 16.5. The Morgan fingerprint density at radius 1 is 1.24 bits per heavy atom. The number of aliphatic hydroxyl groups is 1. The van der Waals surface area contributed by atoms with E-state index in [1.165, 1.54) is 0 Å². The van der Waals surface area contributed by atoms with Crippen LogP contribution in [-0.2, 0) is 0 Å². The van der Waals surface area contributed by atoms with Crippen LogP contribution in [0.3, 0.4) is 0 Å². The summed E-state index contributed by atoms with van der Waals surface area (Å²) in [6, 6.07) is 7.52. The van der Waals surface area contributed by atoms with Crippen molar-refractivity contribution < 1.29 is 14.6 Å². The van der Waals surface area contributed by atoms with Crippen molar-refractivity contribution in [3.8, 4) is 11.5 Å². The Balaban J connectivity index is 1.89. The third-order valence-corrected chi connectivity index (χ3v) is 2.71. The van der Waals surface area contributed by atoms with E-state index in [2.05, 4.69) is 12.2 Å². The molecule has 0 amide bonds. The molecule has 0 spiro atoms.